The molecule has 6 aromatic rings. The Hall–Kier alpha value is -4.68. The summed E-state index contributed by atoms with van der Waals surface area (Å²) in [6.07, 6.45) is 1.53. The van der Waals surface area contributed by atoms with Gasteiger partial charge in [0.15, 0.2) is 23.9 Å². The van der Waals surface area contributed by atoms with Crippen LogP contribution in [0.1, 0.15) is 11.1 Å². The van der Waals surface area contributed by atoms with E-state index in [-0.39, 0.29) is 23.9 Å². The number of anilines is 1. The third kappa shape index (κ3) is 6.17. The molecule has 0 saturated carbocycles. The number of ether oxygens (including phenoxy) is 2. The second kappa shape index (κ2) is 12.5. The van der Waals surface area contributed by atoms with Gasteiger partial charge in [-0.1, -0.05) is 41.4 Å². The first-order chi connectivity index (χ1) is 21.3. The van der Waals surface area contributed by atoms with E-state index in [0.717, 1.165) is 10.9 Å². The second-order valence-corrected chi connectivity index (χ2v) is 11.4. The summed E-state index contributed by atoms with van der Waals surface area (Å²) in [6.45, 7) is 1.77. The molecule has 0 aliphatic carbocycles. The number of amides is 1. The van der Waals surface area contributed by atoms with Crippen LogP contribution in [0.4, 0.5) is 5.69 Å². The number of furan rings is 1. The number of benzene rings is 4. The maximum atomic E-state index is 13.6. The van der Waals surface area contributed by atoms with Crippen LogP contribution in [-0.4, -0.2) is 35.5 Å². The van der Waals surface area contributed by atoms with Crippen LogP contribution in [0.15, 0.2) is 99.2 Å². The molecule has 1 N–H and O–H groups in total. The van der Waals surface area contributed by atoms with E-state index in [2.05, 4.69) is 33.0 Å². The predicted octanol–water partition coefficient (Wildman–Crippen LogP) is 7.28. The van der Waals surface area contributed by atoms with Crippen LogP contribution in [0.25, 0.3) is 33.5 Å². The number of aryl methyl sites for hydroxylation is 1. The summed E-state index contributed by atoms with van der Waals surface area (Å²) in [4.78, 5) is 30.8. The van der Waals surface area contributed by atoms with Crippen molar-refractivity contribution >= 4 is 73.9 Å². The number of hydrogen-bond acceptors (Lipinski definition) is 7. The van der Waals surface area contributed by atoms with Gasteiger partial charge in [-0.25, -0.2) is 4.98 Å². The van der Waals surface area contributed by atoms with Crippen molar-refractivity contribution in [3.05, 3.63) is 115 Å². The van der Waals surface area contributed by atoms with Crippen molar-refractivity contribution in [1.29, 1.82) is 0 Å². The van der Waals surface area contributed by atoms with E-state index in [1.807, 2.05) is 43.3 Å². The lowest BCUT2D eigenvalue weighted by Crippen LogP contribution is -2.21. The summed E-state index contributed by atoms with van der Waals surface area (Å²) in [7, 11) is 1.51. The van der Waals surface area contributed by atoms with E-state index >= 15 is 0 Å². The molecule has 0 fully saturated rings. The number of fused-ring (bicyclic) bond motifs is 2. The number of halogens is 2. The summed E-state index contributed by atoms with van der Waals surface area (Å²) in [5.41, 5.74) is 3.17. The Balaban J connectivity index is 1.31. The number of carbonyl (C=O) groups excluding carboxylic acids is 1. The van der Waals surface area contributed by atoms with Gasteiger partial charge in [-0.15, -0.1) is 0 Å². The lowest BCUT2D eigenvalue weighted by molar-refractivity contribution is -0.118. The average molecular weight is 719 g/mol. The SMILES string of the molecule is COc1cc(C=Nn2c(-c3cc4cc(Cl)ccc4o3)nc3ccccc3c2=O)cc(I)c1OCC(=O)Nc1ccc(C)cc1. The van der Waals surface area contributed by atoms with Crippen LogP contribution in [0, 0.1) is 10.5 Å². The van der Waals surface area contributed by atoms with Crippen molar-refractivity contribution in [3.63, 3.8) is 0 Å². The van der Waals surface area contributed by atoms with Crippen molar-refractivity contribution in [3.8, 4) is 23.1 Å². The molecule has 0 aliphatic rings. The Kier molecular flexibility index (Phi) is 8.36. The molecule has 1 amide bonds. The third-order valence-electron chi connectivity index (χ3n) is 6.71. The summed E-state index contributed by atoms with van der Waals surface area (Å²) >= 11 is 8.27. The minimum atomic E-state index is -0.360. The number of nitrogens with one attached hydrogen (secondary N) is 1. The van der Waals surface area contributed by atoms with Crippen LogP contribution < -0.4 is 20.3 Å². The number of aromatic nitrogens is 2. The zero-order chi connectivity index (χ0) is 30.8. The Morgan fingerprint density at radius 2 is 1.89 bits per heavy atom. The number of carbonyl (C=O) groups is 1. The number of para-hydroxylation sites is 1. The normalized spacial score (nSPS) is 11.4. The topological polar surface area (TPSA) is 108 Å². The van der Waals surface area contributed by atoms with Crippen molar-refractivity contribution in [2.45, 2.75) is 6.92 Å². The van der Waals surface area contributed by atoms with Crippen LogP contribution in [0.2, 0.25) is 5.02 Å². The highest BCUT2D eigenvalue weighted by Gasteiger charge is 2.18. The lowest BCUT2D eigenvalue weighted by Gasteiger charge is -2.14. The van der Waals surface area contributed by atoms with Gasteiger partial charge >= 0.3 is 0 Å². The molecule has 0 saturated heterocycles. The fourth-order valence-corrected chi connectivity index (χ4v) is 5.53. The fraction of sp³-hybridized carbons (Fsp3) is 0.0909. The Morgan fingerprint density at radius 3 is 2.68 bits per heavy atom. The van der Waals surface area contributed by atoms with Gasteiger partial charge in [0, 0.05) is 16.1 Å². The van der Waals surface area contributed by atoms with Gasteiger partial charge in [0.2, 0.25) is 5.82 Å². The molecule has 11 heteroatoms. The number of nitrogens with zero attached hydrogens (tertiary/aromatic N) is 3. The number of methoxy groups -OCH3 is 1. The van der Waals surface area contributed by atoms with E-state index in [1.165, 1.54) is 18.0 Å². The van der Waals surface area contributed by atoms with E-state index in [1.54, 1.807) is 48.5 Å². The summed E-state index contributed by atoms with van der Waals surface area (Å²) in [6, 6.07) is 25.1. The van der Waals surface area contributed by atoms with Gasteiger partial charge in [0.25, 0.3) is 11.5 Å². The average Bonchev–Trinajstić information content (AvgIpc) is 3.44. The molecule has 4 aromatic carbocycles. The zero-order valence-corrected chi connectivity index (χ0v) is 26.4. The Morgan fingerprint density at radius 1 is 1.09 bits per heavy atom. The van der Waals surface area contributed by atoms with Crippen LogP contribution >= 0.6 is 34.2 Å². The van der Waals surface area contributed by atoms with Crippen LogP contribution in [0.3, 0.4) is 0 Å². The predicted molar refractivity (Wildman–Crippen MR) is 180 cm³/mol. The first kappa shape index (κ1) is 29.4. The molecule has 0 spiro atoms. The molecule has 0 aliphatic heterocycles. The molecule has 6 rings (SSSR count). The molecular formula is C33H24ClIN4O5. The number of hydrogen-bond donors (Lipinski definition) is 1. The van der Waals surface area contributed by atoms with Crippen molar-refractivity contribution in [1.82, 2.24) is 9.66 Å². The van der Waals surface area contributed by atoms with E-state index in [0.29, 0.717) is 53.6 Å². The molecular weight excluding hydrogens is 695 g/mol. The van der Waals surface area contributed by atoms with Gasteiger partial charge in [-0.2, -0.15) is 9.78 Å². The molecule has 44 heavy (non-hydrogen) atoms. The quantitative estimate of drug-likeness (QED) is 0.131. The van der Waals surface area contributed by atoms with Gasteiger partial charge in [-0.3, -0.25) is 9.59 Å². The molecule has 0 unspecified atom stereocenters. The van der Waals surface area contributed by atoms with Crippen LogP contribution in [0.5, 0.6) is 11.5 Å². The smallest absolute Gasteiger partial charge is 0.282 e. The highest BCUT2D eigenvalue weighted by atomic mass is 127. The summed E-state index contributed by atoms with van der Waals surface area (Å²) in [5, 5.41) is 9.09. The first-order valence-electron chi connectivity index (χ1n) is 13.4. The maximum absolute atomic E-state index is 13.6. The van der Waals surface area contributed by atoms with E-state index < -0.39 is 0 Å². The molecule has 220 valence electrons. The molecule has 2 aromatic heterocycles. The molecule has 0 bridgehead atoms. The highest BCUT2D eigenvalue weighted by molar-refractivity contribution is 14.1. The summed E-state index contributed by atoms with van der Waals surface area (Å²) < 4.78 is 19.3. The zero-order valence-electron chi connectivity index (χ0n) is 23.5. The van der Waals surface area contributed by atoms with Gasteiger partial charge < -0.3 is 19.2 Å². The minimum absolute atomic E-state index is 0.210. The molecule has 0 atom stereocenters. The van der Waals surface area contributed by atoms with Crippen molar-refractivity contribution < 1.29 is 18.7 Å². The second-order valence-electron chi connectivity index (χ2n) is 9.84. The first-order valence-corrected chi connectivity index (χ1v) is 14.9. The van der Waals surface area contributed by atoms with Gasteiger partial charge in [0.1, 0.15) is 5.58 Å². The highest BCUT2D eigenvalue weighted by Crippen LogP contribution is 2.34. The van der Waals surface area contributed by atoms with Gasteiger partial charge in [-0.05, 0) is 95.7 Å². The Bertz CT molecular complexity index is 2120. The molecule has 0 radical (unpaired) electrons. The lowest BCUT2D eigenvalue weighted by atomic mass is 10.2. The van der Waals surface area contributed by atoms with Gasteiger partial charge in [0.05, 0.1) is 27.8 Å². The minimum Gasteiger partial charge on any atom is -0.493 e. The maximum Gasteiger partial charge on any atom is 0.282 e. The van der Waals surface area contributed by atoms with Crippen LogP contribution in [-0.2, 0) is 4.79 Å². The largest absolute Gasteiger partial charge is 0.493 e. The Labute approximate surface area is 270 Å². The monoisotopic (exact) mass is 718 g/mol. The third-order valence-corrected chi connectivity index (χ3v) is 7.75. The van der Waals surface area contributed by atoms with E-state index in [9.17, 15) is 9.59 Å². The number of rotatable bonds is 8. The van der Waals surface area contributed by atoms with Crippen molar-refractivity contribution in [2.75, 3.05) is 19.0 Å². The standard InChI is InChI=1S/C33H24ClIN4O5/c1-19-7-10-23(11-8-19)37-30(40)18-43-31-25(35)13-20(14-28(31)42-2)17-36-39-32(38-26-6-4-3-5-24(26)33(39)41)29-16-21-15-22(34)9-12-27(21)44-29/h3-17H,18H2,1-2H3,(H,37,40). The molecule has 9 nitrogen and oxygen atoms in total. The van der Waals surface area contributed by atoms with Crippen molar-refractivity contribution in [2.24, 2.45) is 5.10 Å². The molecule has 2 heterocycles. The summed E-state index contributed by atoms with van der Waals surface area (Å²) in [5.74, 6) is 1.11. The van der Waals surface area contributed by atoms with E-state index in [4.69, 9.17) is 30.5 Å². The fourth-order valence-electron chi connectivity index (χ4n) is 4.57.